The Morgan fingerprint density at radius 2 is 1.92 bits per heavy atom. The molecule has 2 aromatic carbocycles. The molecular weight excluding hydrogens is 307 g/mol. The van der Waals surface area contributed by atoms with Crippen LogP contribution in [0.4, 0.5) is 15.8 Å². The Bertz CT molecular complexity index is 804. The van der Waals surface area contributed by atoms with Crippen LogP contribution in [0.25, 0.3) is 0 Å². The Kier molecular flexibility index (Phi) is 4.34. The van der Waals surface area contributed by atoms with Crippen molar-refractivity contribution >= 4 is 23.2 Å². The molecule has 0 aromatic heterocycles. The number of benzene rings is 2. The summed E-state index contributed by atoms with van der Waals surface area (Å²) in [4.78, 5) is 26.3. The van der Waals surface area contributed by atoms with Crippen LogP contribution in [0, 0.1) is 25.6 Å². The fourth-order valence-corrected chi connectivity index (χ4v) is 2.82. The highest BCUT2D eigenvalue weighted by Crippen LogP contribution is 2.27. The minimum atomic E-state index is -0.487. The highest BCUT2D eigenvalue weighted by atomic mass is 19.1. The Morgan fingerprint density at radius 1 is 1.17 bits per heavy atom. The highest BCUT2D eigenvalue weighted by Gasteiger charge is 2.35. The lowest BCUT2D eigenvalue weighted by Gasteiger charge is -2.18. The Morgan fingerprint density at radius 3 is 2.62 bits per heavy atom. The quantitative estimate of drug-likeness (QED) is 0.939. The van der Waals surface area contributed by atoms with E-state index in [0.29, 0.717) is 6.54 Å². The Balaban J connectivity index is 1.73. The fraction of sp³-hybridized carbons (Fsp3) is 0.263. The van der Waals surface area contributed by atoms with Gasteiger partial charge in [-0.2, -0.15) is 0 Å². The van der Waals surface area contributed by atoms with Gasteiger partial charge in [-0.25, -0.2) is 4.39 Å². The van der Waals surface area contributed by atoms with Crippen molar-refractivity contribution in [3.63, 3.8) is 0 Å². The largest absolute Gasteiger partial charge is 0.323 e. The summed E-state index contributed by atoms with van der Waals surface area (Å²) in [7, 11) is 0. The van der Waals surface area contributed by atoms with Crippen molar-refractivity contribution in [2.24, 2.45) is 5.92 Å². The smallest absolute Gasteiger partial charge is 0.229 e. The molecule has 1 atom stereocenters. The maximum absolute atomic E-state index is 13.6. The molecule has 1 aliphatic rings. The molecule has 124 valence electrons. The molecule has 1 fully saturated rings. The topological polar surface area (TPSA) is 49.4 Å². The van der Waals surface area contributed by atoms with Gasteiger partial charge in [-0.1, -0.05) is 18.2 Å². The SMILES string of the molecule is Cc1ccc(N2CC(C(=O)Nc3ccccc3F)CC2=O)cc1C. The zero-order valence-corrected chi connectivity index (χ0v) is 13.7. The molecule has 0 bridgehead atoms. The lowest BCUT2D eigenvalue weighted by Crippen LogP contribution is -2.28. The van der Waals surface area contributed by atoms with Gasteiger partial charge in [0, 0.05) is 18.7 Å². The summed E-state index contributed by atoms with van der Waals surface area (Å²) in [5.41, 5.74) is 3.18. The molecular formula is C19H19FN2O2. The normalized spacial score (nSPS) is 17.2. The average Bonchev–Trinajstić information content (AvgIpc) is 2.94. The number of hydrogen-bond acceptors (Lipinski definition) is 2. The molecule has 3 rings (SSSR count). The van der Waals surface area contributed by atoms with Crippen LogP contribution in [0.3, 0.4) is 0 Å². The molecule has 1 unspecified atom stereocenters. The van der Waals surface area contributed by atoms with Gasteiger partial charge in [-0.15, -0.1) is 0 Å². The zero-order chi connectivity index (χ0) is 17.3. The lowest BCUT2D eigenvalue weighted by molar-refractivity contribution is -0.122. The third kappa shape index (κ3) is 3.15. The van der Waals surface area contributed by atoms with Gasteiger partial charge in [0.25, 0.3) is 0 Å². The first-order valence-electron chi connectivity index (χ1n) is 7.88. The second kappa shape index (κ2) is 6.43. The van der Waals surface area contributed by atoms with Crippen molar-refractivity contribution in [2.75, 3.05) is 16.8 Å². The van der Waals surface area contributed by atoms with Crippen LogP contribution >= 0.6 is 0 Å². The first kappa shape index (κ1) is 16.2. The third-order valence-electron chi connectivity index (χ3n) is 4.43. The van der Waals surface area contributed by atoms with E-state index in [2.05, 4.69) is 5.32 Å². The van der Waals surface area contributed by atoms with E-state index in [1.807, 2.05) is 32.0 Å². The lowest BCUT2D eigenvalue weighted by atomic mass is 10.1. The zero-order valence-electron chi connectivity index (χ0n) is 13.7. The molecule has 0 saturated carbocycles. The average molecular weight is 326 g/mol. The molecule has 0 spiro atoms. The van der Waals surface area contributed by atoms with E-state index < -0.39 is 11.7 Å². The molecule has 1 saturated heterocycles. The maximum atomic E-state index is 13.6. The monoisotopic (exact) mass is 326 g/mol. The van der Waals surface area contributed by atoms with Gasteiger partial charge in [0.05, 0.1) is 11.6 Å². The number of para-hydroxylation sites is 1. The number of aryl methyl sites for hydroxylation is 2. The molecule has 4 nitrogen and oxygen atoms in total. The van der Waals surface area contributed by atoms with Gasteiger partial charge in [-0.05, 0) is 49.2 Å². The predicted octanol–water partition coefficient (Wildman–Crippen LogP) is 3.43. The van der Waals surface area contributed by atoms with Crippen molar-refractivity contribution in [3.05, 3.63) is 59.4 Å². The number of carbonyl (C=O) groups is 2. The summed E-state index contributed by atoms with van der Waals surface area (Å²) in [5, 5.41) is 2.57. The van der Waals surface area contributed by atoms with Crippen LogP contribution in [0.2, 0.25) is 0 Å². The minimum Gasteiger partial charge on any atom is -0.323 e. The summed E-state index contributed by atoms with van der Waals surface area (Å²) in [6, 6.07) is 11.8. The van der Waals surface area contributed by atoms with Crippen LogP contribution < -0.4 is 10.2 Å². The molecule has 2 aromatic rings. The summed E-state index contributed by atoms with van der Waals surface area (Å²) >= 11 is 0. The number of nitrogens with zero attached hydrogens (tertiary/aromatic N) is 1. The van der Waals surface area contributed by atoms with Crippen molar-refractivity contribution in [1.82, 2.24) is 0 Å². The van der Waals surface area contributed by atoms with Gasteiger partial charge in [0.2, 0.25) is 11.8 Å². The number of amides is 2. The molecule has 0 radical (unpaired) electrons. The molecule has 1 heterocycles. The van der Waals surface area contributed by atoms with E-state index in [4.69, 9.17) is 0 Å². The number of anilines is 2. The van der Waals surface area contributed by atoms with Crippen LogP contribution in [-0.2, 0) is 9.59 Å². The number of nitrogens with one attached hydrogen (secondary N) is 1. The number of carbonyl (C=O) groups excluding carboxylic acids is 2. The van der Waals surface area contributed by atoms with E-state index >= 15 is 0 Å². The van der Waals surface area contributed by atoms with Crippen LogP contribution in [-0.4, -0.2) is 18.4 Å². The van der Waals surface area contributed by atoms with Crippen LogP contribution in [0.5, 0.6) is 0 Å². The first-order valence-corrected chi connectivity index (χ1v) is 7.88. The molecule has 0 aliphatic carbocycles. The number of rotatable bonds is 3. The Hall–Kier alpha value is -2.69. The van der Waals surface area contributed by atoms with E-state index in [0.717, 1.165) is 16.8 Å². The molecule has 1 N–H and O–H groups in total. The Labute approximate surface area is 140 Å². The van der Waals surface area contributed by atoms with Crippen molar-refractivity contribution < 1.29 is 14.0 Å². The minimum absolute atomic E-state index is 0.0908. The van der Waals surface area contributed by atoms with E-state index in [9.17, 15) is 14.0 Å². The second-order valence-corrected chi connectivity index (χ2v) is 6.14. The van der Waals surface area contributed by atoms with Gasteiger partial charge in [-0.3, -0.25) is 9.59 Å². The number of hydrogen-bond donors (Lipinski definition) is 1. The maximum Gasteiger partial charge on any atom is 0.229 e. The van der Waals surface area contributed by atoms with Crippen LogP contribution in [0.1, 0.15) is 17.5 Å². The standard InChI is InChI=1S/C19H19FN2O2/c1-12-7-8-15(9-13(12)2)22-11-14(10-18(22)23)19(24)21-17-6-4-3-5-16(17)20/h3-9,14H,10-11H2,1-2H3,(H,21,24). The van der Waals surface area contributed by atoms with E-state index in [1.54, 1.807) is 17.0 Å². The van der Waals surface area contributed by atoms with Crippen LogP contribution in [0.15, 0.2) is 42.5 Å². The molecule has 1 aliphatic heterocycles. The molecule has 24 heavy (non-hydrogen) atoms. The van der Waals surface area contributed by atoms with Gasteiger partial charge < -0.3 is 10.2 Å². The van der Waals surface area contributed by atoms with E-state index in [-0.39, 0.29) is 23.9 Å². The number of halogens is 1. The van der Waals surface area contributed by atoms with E-state index in [1.165, 1.54) is 12.1 Å². The van der Waals surface area contributed by atoms with Gasteiger partial charge in [0.1, 0.15) is 5.82 Å². The summed E-state index contributed by atoms with van der Waals surface area (Å²) < 4.78 is 13.6. The van der Waals surface area contributed by atoms with Crippen molar-refractivity contribution in [1.29, 1.82) is 0 Å². The van der Waals surface area contributed by atoms with Gasteiger partial charge in [0.15, 0.2) is 0 Å². The summed E-state index contributed by atoms with van der Waals surface area (Å²) in [6.07, 6.45) is 0.132. The predicted molar refractivity (Wildman–Crippen MR) is 91.4 cm³/mol. The summed E-state index contributed by atoms with van der Waals surface area (Å²) in [6.45, 7) is 4.30. The highest BCUT2D eigenvalue weighted by molar-refractivity contribution is 6.03. The van der Waals surface area contributed by atoms with Crippen molar-refractivity contribution in [2.45, 2.75) is 20.3 Å². The first-order chi connectivity index (χ1) is 11.5. The third-order valence-corrected chi connectivity index (χ3v) is 4.43. The van der Waals surface area contributed by atoms with Crippen molar-refractivity contribution in [3.8, 4) is 0 Å². The van der Waals surface area contributed by atoms with Gasteiger partial charge >= 0.3 is 0 Å². The second-order valence-electron chi connectivity index (χ2n) is 6.14. The fourth-order valence-electron chi connectivity index (χ4n) is 2.82. The molecule has 2 amide bonds. The summed E-state index contributed by atoms with van der Waals surface area (Å²) in [5.74, 6) is -1.40. The molecule has 5 heteroatoms.